The first-order valence-corrected chi connectivity index (χ1v) is 9.21. The highest BCUT2D eigenvalue weighted by Crippen LogP contribution is 2.30. The molecular formula is C20H16Cl2N2O4. The Hall–Kier alpha value is -2.83. The Bertz CT molecular complexity index is 1180. The molecule has 2 heterocycles. The van der Waals surface area contributed by atoms with Crippen molar-refractivity contribution in [2.45, 2.75) is 19.9 Å². The highest BCUT2D eigenvalue weighted by molar-refractivity contribution is 6.42. The molecular weight excluding hydrogens is 403 g/mol. The van der Waals surface area contributed by atoms with Gasteiger partial charge in [-0.05, 0) is 25.1 Å². The van der Waals surface area contributed by atoms with E-state index < -0.39 is 11.4 Å². The van der Waals surface area contributed by atoms with Crippen LogP contribution < -0.4 is 11.0 Å². The quantitative estimate of drug-likeness (QED) is 0.658. The minimum atomic E-state index is -1.33. The van der Waals surface area contributed by atoms with E-state index in [0.29, 0.717) is 28.5 Å². The number of carbonyl (C=O) groups is 1. The van der Waals surface area contributed by atoms with Crippen molar-refractivity contribution in [1.82, 2.24) is 9.55 Å². The van der Waals surface area contributed by atoms with E-state index in [4.69, 9.17) is 23.2 Å². The fraction of sp³-hybridized carbons (Fsp3) is 0.150. The maximum atomic E-state index is 12.6. The number of halogens is 2. The van der Waals surface area contributed by atoms with Gasteiger partial charge in [0.15, 0.2) is 5.43 Å². The number of nitrogens with zero attached hydrogens (tertiary/aromatic N) is 1. The highest BCUT2D eigenvalue weighted by Gasteiger charge is 2.22. The first-order chi connectivity index (χ1) is 13.3. The topological polar surface area (TPSA) is 92.2 Å². The number of aromatic amines is 1. The van der Waals surface area contributed by atoms with E-state index in [0.717, 1.165) is 0 Å². The van der Waals surface area contributed by atoms with Gasteiger partial charge in [0.25, 0.3) is 0 Å². The van der Waals surface area contributed by atoms with Crippen LogP contribution in [0, 0.1) is 0 Å². The van der Waals surface area contributed by atoms with Crippen molar-refractivity contribution < 1.29 is 9.90 Å². The maximum Gasteiger partial charge on any atom is 0.341 e. The van der Waals surface area contributed by atoms with Crippen molar-refractivity contribution >= 4 is 29.2 Å². The summed E-state index contributed by atoms with van der Waals surface area (Å²) in [5.74, 6) is -1.33. The first kappa shape index (κ1) is 19.9. The Morgan fingerprint density at radius 1 is 1.11 bits per heavy atom. The van der Waals surface area contributed by atoms with Crippen LogP contribution in [0.3, 0.4) is 0 Å². The molecule has 0 atom stereocenters. The van der Waals surface area contributed by atoms with Crippen LogP contribution in [-0.4, -0.2) is 20.6 Å². The van der Waals surface area contributed by atoms with Gasteiger partial charge in [-0.3, -0.25) is 9.59 Å². The molecule has 0 aliphatic heterocycles. The van der Waals surface area contributed by atoms with Gasteiger partial charge < -0.3 is 14.7 Å². The van der Waals surface area contributed by atoms with Crippen LogP contribution in [0.5, 0.6) is 0 Å². The van der Waals surface area contributed by atoms with Crippen molar-refractivity contribution in [2.75, 3.05) is 0 Å². The standard InChI is InChI=1S/C20H16Cl2N2O4/c1-2-24-13(9-12-4-3-5-17(26)23-12)10-16(25)18(20(27)28)19(24)11-6-7-14(21)15(22)8-11/h3-8,10H,2,9H2,1H3,(H,23,26)(H,27,28). The lowest BCUT2D eigenvalue weighted by atomic mass is 10.0. The van der Waals surface area contributed by atoms with E-state index in [1.165, 1.54) is 18.2 Å². The molecule has 0 aliphatic rings. The predicted octanol–water partition coefficient (Wildman–Crippen LogP) is 3.82. The van der Waals surface area contributed by atoms with Crippen LogP contribution in [0.15, 0.2) is 52.1 Å². The van der Waals surface area contributed by atoms with Crippen LogP contribution in [0.25, 0.3) is 11.3 Å². The van der Waals surface area contributed by atoms with Gasteiger partial charge in [0, 0.05) is 42.0 Å². The third kappa shape index (κ3) is 3.88. The van der Waals surface area contributed by atoms with Crippen LogP contribution in [0.1, 0.15) is 28.7 Å². The van der Waals surface area contributed by atoms with Crippen LogP contribution >= 0.6 is 23.2 Å². The first-order valence-electron chi connectivity index (χ1n) is 8.45. The number of pyridine rings is 2. The Balaban J connectivity index is 2.30. The molecule has 3 aromatic rings. The number of rotatable bonds is 5. The molecule has 0 fully saturated rings. The average molecular weight is 419 g/mol. The third-order valence-corrected chi connectivity index (χ3v) is 5.06. The molecule has 3 rings (SSSR count). The number of H-pyrrole nitrogens is 1. The second kappa shape index (κ2) is 8.04. The van der Waals surface area contributed by atoms with Crippen molar-refractivity contribution in [3.63, 3.8) is 0 Å². The summed E-state index contributed by atoms with van der Waals surface area (Å²) < 4.78 is 1.73. The fourth-order valence-electron chi connectivity index (χ4n) is 3.15. The number of hydrogen-bond donors (Lipinski definition) is 2. The van der Waals surface area contributed by atoms with Crippen LogP contribution in [-0.2, 0) is 13.0 Å². The number of aromatic carboxylic acids is 1. The summed E-state index contributed by atoms with van der Waals surface area (Å²) in [7, 11) is 0. The number of carboxylic acid groups (broad SMARTS) is 1. The average Bonchev–Trinajstić information content (AvgIpc) is 2.63. The molecule has 6 nitrogen and oxygen atoms in total. The molecule has 1 aromatic carbocycles. The maximum absolute atomic E-state index is 12.6. The second-order valence-corrected chi connectivity index (χ2v) is 6.93. The molecule has 0 amide bonds. The van der Waals surface area contributed by atoms with E-state index in [1.807, 2.05) is 6.92 Å². The molecule has 28 heavy (non-hydrogen) atoms. The van der Waals surface area contributed by atoms with Crippen LogP contribution in [0.2, 0.25) is 10.0 Å². The lowest BCUT2D eigenvalue weighted by molar-refractivity contribution is 0.0695. The number of nitrogens with one attached hydrogen (secondary N) is 1. The molecule has 8 heteroatoms. The smallest absolute Gasteiger partial charge is 0.341 e. The number of hydrogen-bond acceptors (Lipinski definition) is 3. The molecule has 0 unspecified atom stereocenters. The van der Waals surface area contributed by atoms with Crippen molar-refractivity contribution in [3.05, 3.63) is 90.0 Å². The van der Waals surface area contributed by atoms with Gasteiger partial charge in [-0.1, -0.05) is 35.3 Å². The molecule has 2 N–H and O–H groups in total. The minimum Gasteiger partial charge on any atom is -0.477 e. The highest BCUT2D eigenvalue weighted by atomic mass is 35.5. The lowest BCUT2D eigenvalue weighted by Gasteiger charge is -2.20. The van der Waals surface area contributed by atoms with Gasteiger partial charge in [-0.25, -0.2) is 4.79 Å². The van der Waals surface area contributed by atoms with Crippen molar-refractivity contribution in [2.24, 2.45) is 0 Å². The Morgan fingerprint density at radius 3 is 2.46 bits per heavy atom. The molecule has 144 valence electrons. The van der Waals surface area contributed by atoms with E-state index >= 15 is 0 Å². The van der Waals surface area contributed by atoms with Gasteiger partial charge in [0.1, 0.15) is 5.56 Å². The molecule has 0 spiro atoms. The fourth-order valence-corrected chi connectivity index (χ4v) is 3.44. The van der Waals surface area contributed by atoms with Crippen molar-refractivity contribution in [3.8, 4) is 11.3 Å². The summed E-state index contributed by atoms with van der Waals surface area (Å²) in [6.07, 6.45) is 0.257. The Morgan fingerprint density at radius 2 is 1.86 bits per heavy atom. The normalized spacial score (nSPS) is 10.8. The number of benzene rings is 1. The zero-order valence-corrected chi connectivity index (χ0v) is 16.3. The summed E-state index contributed by atoms with van der Waals surface area (Å²) in [5.41, 5.74) is 0.674. The largest absolute Gasteiger partial charge is 0.477 e. The van der Waals surface area contributed by atoms with E-state index in [-0.39, 0.29) is 28.3 Å². The molecule has 2 aromatic heterocycles. The number of aromatic nitrogens is 2. The molecule has 0 saturated carbocycles. The van der Waals surface area contributed by atoms with E-state index in [9.17, 15) is 19.5 Å². The summed E-state index contributed by atoms with van der Waals surface area (Å²) in [6, 6.07) is 10.7. The van der Waals surface area contributed by atoms with E-state index in [1.54, 1.807) is 28.8 Å². The van der Waals surface area contributed by atoms with Crippen molar-refractivity contribution in [1.29, 1.82) is 0 Å². The number of carboxylic acids is 1. The minimum absolute atomic E-state index is 0.245. The summed E-state index contributed by atoms with van der Waals surface area (Å²) >= 11 is 12.1. The van der Waals surface area contributed by atoms with Gasteiger partial charge >= 0.3 is 5.97 Å². The predicted molar refractivity (Wildman–Crippen MR) is 109 cm³/mol. The van der Waals surface area contributed by atoms with E-state index in [2.05, 4.69) is 4.98 Å². The molecule has 0 bridgehead atoms. The summed E-state index contributed by atoms with van der Waals surface area (Å²) in [4.78, 5) is 38.7. The third-order valence-electron chi connectivity index (χ3n) is 4.32. The monoisotopic (exact) mass is 418 g/mol. The van der Waals surface area contributed by atoms with Gasteiger partial charge in [-0.2, -0.15) is 0 Å². The zero-order chi connectivity index (χ0) is 20.4. The zero-order valence-electron chi connectivity index (χ0n) is 14.8. The molecule has 0 saturated heterocycles. The second-order valence-electron chi connectivity index (χ2n) is 6.12. The Labute approximate surface area is 170 Å². The Kier molecular flexibility index (Phi) is 5.72. The van der Waals surface area contributed by atoms with Crippen LogP contribution in [0.4, 0.5) is 0 Å². The molecule has 0 aliphatic carbocycles. The van der Waals surface area contributed by atoms with Gasteiger partial charge in [0.05, 0.1) is 15.7 Å². The SMILES string of the molecule is CCn1c(Cc2cccc(=O)[nH]2)cc(=O)c(C(=O)O)c1-c1ccc(Cl)c(Cl)c1. The lowest BCUT2D eigenvalue weighted by Crippen LogP contribution is -2.24. The molecule has 0 radical (unpaired) electrons. The summed E-state index contributed by atoms with van der Waals surface area (Å²) in [6.45, 7) is 2.25. The summed E-state index contributed by atoms with van der Waals surface area (Å²) in [5, 5.41) is 10.2. The van der Waals surface area contributed by atoms with Gasteiger partial charge in [-0.15, -0.1) is 0 Å². The van der Waals surface area contributed by atoms with Gasteiger partial charge in [0.2, 0.25) is 5.56 Å².